The van der Waals surface area contributed by atoms with Crippen LogP contribution >= 0.6 is 0 Å². The van der Waals surface area contributed by atoms with Crippen LogP contribution in [-0.4, -0.2) is 55.2 Å². The first-order valence-electron chi connectivity index (χ1n) is 7.99. The maximum Gasteiger partial charge on any atom is 0.0921 e. The summed E-state index contributed by atoms with van der Waals surface area (Å²) in [5, 5.41) is 10.6. The van der Waals surface area contributed by atoms with Gasteiger partial charge in [-0.15, -0.1) is 0 Å². The number of rotatable bonds is 5. The molecule has 1 aromatic rings. The van der Waals surface area contributed by atoms with E-state index >= 15 is 0 Å². The van der Waals surface area contributed by atoms with Gasteiger partial charge in [0, 0.05) is 19.6 Å². The lowest BCUT2D eigenvalue weighted by molar-refractivity contribution is 0.118. The highest BCUT2D eigenvalue weighted by molar-refractivity contribution is 5.39. The van der Waals surface area contributed by atoms with Gasteiger partial charge in [0.15, 0.2) is 0 Å². The molecule has 1 aliphatic heterocycles. The zero-order valence-corrected chi connectivity index (χ0v) is 14.2. The van der Waals surface area contributed by atoms with Crippen molar-refractivity contribution in [3.63, 3.8) is 0 Å². The molecule has 2 unspecified atom stereocenters. The van der Waals surface area contributed by atoms with Crippen molar-refractivity contribution < 1.29 is 5.11 Å². The molecule has 0 bridgehead atoms. The number of benzene rings is 1. The van der Waals surface area contributed by atoms with Gasteiger partial charge in [0.05, 0.1) is 6.10 Å². The smallest absolute Gasteiger partial charge is 0.0921 e. The summed E-state index contributed by atoms with van der Waals surface area (Å²) in [5.74, 6) is 0.743. The second-order valence-corrected chi connectivity index (χ2v) is 6.97. The second kappa shape index (κ2) is 6.91. The zero-order chi connectivity index (χ0) is 15.6. The van der Waals surface area contributed by atoms with Crippen molar-refractivity contribution >= 4 is 0 Å². The van der Waals surface area contributed by atoms with Crippen LogP contribution < -0.4 is 0 Å². The molecule has 118 valence electrons. The van der Waals surface area contributed by atoms with Gasteiger partial charge in [0.1, 0.15) is 0 Å². The van der Waals surface area contributed by atoms with Crippen LogP contribution in [0.15, 0.2) is 12.1 Å². The predicted molar refractivity (Wildman–Crippen MR) is 88.7 cm³/mol. The van der Waals surface area contributed by atoms with Crippen LogP contribution in [0, 0.1) is 26.7 Å². The van der Waals surface area contributed by atoms with Crippen LogP contribution in [0.1, 0.15) is 34.8 Å². The highest BCUT2D eigenvalue weighted by Crippen LogP contribution is 2.25. The Morgan fingerprint density at radius 1 is 1.29 bits per heavy atom. The molecular weight excluding hydrogens is 260 g/mol. The third-order valence-corrected chi connectivity index (χ3v) is 4.61. The number of aliphatic hydroxyl groups excluding tert-OH is 1. The average Bonchev–Trinajstić information content (AvgIpc) is 2.72. The van der Waals surface area contributed by atoms with E-state index in [4.69, 9.17) is 0 Å². The van der Waals surface area contributed by atoms with Crippen LogP contribution in [0.4, 0.5) is 0 Å². The summed E-state index contributed by atoms with van der Waals surface area (Å²) < 4.78 is 0. The lowest BCUT2D eigenvalue weighted by atomic mass is 9.95. The minimum absolute atomic E-state index is 0.394. The van der Waals surface area contributed by atoms with E-state index in [0.717, 1.165) is 18.0 Å². The highest BCUT2D eigenvalue weighted by atomic mass is 16.3. The molecule has 2 rings (SSSR count). The Labute approximate surface area is 129 Å². The van der Waals surface area contributed by atoms with Gasteiger partial charge in [-0.1, -0.05) is 17.7 Å². The number of likely N-dealkylation sites (tertiary alicyclic amines) is 1. The van der Waals surface area contributed by atoms with Gasteiger partial charge < -0.3 is 14.9 Å². The summed E-state index contributed by atoms with van der Waals surface area (Å²) in [4.78, 5) is 4.68. The monoisotopic (exact) mass is 290 g/mol. The fraction of sp³-hybridized carbons (Fsp3) is 0.667. The molecule has 0 saturated carbocycles. The van der Waals surface area contributed by atoms with Gasteiger partial charge in [-0.2, -0.15) is 0 Å². The average molecular weight is 290 g/mol. The summed E-state index contributed by atoms with van der Waals surface area (Å²) in [6.07, 6.45) is 0.884. The van der Waals surface area contributed by atoms with Crippen molar-refractivity contribution in [3.8, 4) is 0 Å². The molecule has 3 nitrogen and oxygen atoms in total. The first-order chi connectivity index (χ1) is 9.86. The summed E-state index contributed by atoms with van der Waals surface area (Å²) in [5.41, 5.74) is 4.78. The van der Waals surface area contributed by atoms with E-state index in [9.17, 15) is 5.11 Å². The Morgan fingerprint density at radius 3 is 2.43 bits per heavy atom. The van der Waals surface area contributed by atoms with Crippen LogP contribution in [0.3, 0.4) is 0 Å². The maximum atomic E-state index is 10.6. The molecular formula is C18H30N2O. The SMILES string of the molecule is Cc1cc(C)c(C(O)CN(C)CC2CCN(C)C2)c(C)c1. The van der Waals surface area contributed by atoms with Crippen molar-refractivity contribution in [1.29, 1.82) is 0 Å². The van der Waals surface area contributed by atoms with Gasteiger partial charge in [0.2, 0.25) is 0 Å². The molecule has 1 aromatic carbocycles. The standard InChI is InChI=1S/C18H30N2O/c1-13-8-14(2)18(15(3)9-13)17(21)12-20(5)11-16-6-7-19(4)10-16/h8-9,16-17,21H,6-7,10-12H2,1-5H3. The molecule has 1 saturated heterocycles. The largest absolute Gasteiger partial charge is 0.387 e. The number of likely N-dealkylation sites (N-methyl/N-ethyl adjacent to an activating group) is 1. The zero-order valence-electron chi connectivity index (χ0n) is 14.2. The number of nitrogens with zero attached hydrogens (tertiary/aromatic N) is 2. The lowest BCUT2D eigenvalue weighted by Gasteiger charge is -2.25. The molecule has 21 heavy (non-hydrogen) atoms. The van der Waals surface area contributed by atoms with Crippen molar-refractivity contribution in [1.82, 2.24) is 9.80 Å². The Hall–Kier alpha value is -0.900. The van der Waals surface area contributed by atoms with Crippen molar-refractivity contribution in [3.05, 3.63) is 34.4 Å². The van der Waals surface area contributed by atoms with Gasteiger partial charge in [-0.05, 0) is 70.4 Å². The summed E-state index contributed by atoms with van der Waals surface area (Å²) in [7, 11) is 4.31. The first-order valence-corrected chi connectivity index (χ1v) is 7.99. The predicted octanol–water partition coefficient (Wildman–Crippen LogP) is 2.53. The first kappa shape index (κ1) is 16.5. The number of hydrogen-bond acceptors (Lipinski definition) is 3. The molecule has 0 spiro atoms. The molecule has 1 heterocycles. The van der Waals surface area contributed by atoms with Crippen molar-refractivity contribution in [2.24, 2.45) is 5.92 Å². The molecule has 0 amide bonds. The van der Waals surface area contributed by atoms with Crippen LogP contribution in [-0.2, 0) is 0 Å². The Morgan fingerprint density at radius 2 is 1.90 bits per heavy atom. The molecule has 0 aromatic heterocycles. The minimum Gasteiger partial charge on any atom is -0.387 e. The van der Waals surface area contributed by atoms with Crippen LogP contribution in [0.2, 0.25) is 0 Å². The fourth-order valence-corrected chi connectivity index (χ4v) is 3.79. The minimum atomic E-state index is -0.394. The number of aryl methyl sites for hydroxylation is 3. The third-order valence-electron chi connectivity index (χ3n) is 4.61. The van der Waals surface area contributed by atoms with Crippen LogP contribution in [0.5, 0.6) is 0 Å². The third kappa shape index (κ3) is 4.29. The maximum absolute atomic E-state index is 10.6. The topological polar surface area (TPSA) is 26.7 Å². The number of hydrogen-bond donors (Lipinski definition) is 1. The molecule has 2 atom stereocenters. The molecule has 3 heteroatoms. The second-order valence-electron chi connectivity index (χ2n) is 6.97. The van der Waals surface area contributed by atoms with E-state index in [1.54, 1.807) is 0 Å². The van der Waals surface area contributed by atoms with E-state index in [2.05, 4.69) is 56.8 Å². The highest BCUT2D eigenvalue weighted by Gasteiger charge is 2.22. The quantitative estimate of drug-likeness (QED) is 0.903. The molecule has 0 aliphatic carbocycles. The number of aliphatic hydroxyl groups is 1. The molecule has 1 fully saturated rings. The molecule has 1 aliphatic rings. The van der Waals surface area contributed by atoms with E-state index in [1.807, 2.05) is 0 Å². The summed E-state index contributed by atoms with van der Waals surface area (Å²) in [6.45, 7) is 10.5. The Bertz CT molecular complexity index is 463. The normalized spacial score (nSPS) is 21.2. The Balaban J connectivity index is 1.96. The Kier molecular flexibility index (Phi) is 5.42. The van der Waals surface area contributed by atoms with Gasteiger partial charge in [0.25, 0.3) is 0 Å². The van der Waals surface area contributed by atoms with Gasteiger partial charge >= 0.3 is 0 Å². The summed E-state index contributed by atoms with van der Waals surface area (Å²) >= 11 is 0. The molecule has 0 radical (unpaired) electrons. The van der Waals surface area contributed by atoms with E-state index in [-0.39, 0.29) is 0 Å². The van der Waals surface area contributed by atoms with E-state index in [1.165, 1.54) is 36.2 Å². The van der Waals surface area contributed by atoms with E-state index in [0.29, 0.717) is 6.54 Å². The van der Waals surface area contributed by atoms with Crippen molar-refractivity contribution in [2.75, 3.05) is 40.3 Å². The summed E-state index contributed by atoms with van der Waals surface area (Å²) in [6, 6.07) is 4.33. The van der Waals surface area contributed by atoms with Gasteiger partial charge in [-0.25, -0.2) is 0 Å². The fourth-order valence-electron chi connectivity index (χ4n) is 3.79. The van der Waals surface area contributed by atoms with Gasteiger partial charge in [-0.3, -0.25) is 0 Å². The van der Waals surface area contributed by atoms with Crippen molar-refractivity contribution in [2.45, 2.75) is 33.3 Å². The molecule has 1 N–H and O–H groups in total. The lowest BCUT2D eigenvalue weighted by Crippen LogP contribution is -2.31. The van der Waals surface area contributed by atoms with E-state index < -0.39 is 6.10 Å². The van der Waals surface area contributed by atoms with Crippen LogP contribution in [0.25, 0.3) is 0 Å².